The second-order valence-electron chi connectivity index (χ2n) is 5.34. The zero-order chi connectivity index (χ0) is 17.1. The molecule has 0 aliphatic carbocycles. The van der Waals surface area contributed by atoms with Gasteiger partial charge in [0.2, 0.25) is 0 Å². The van der Waals surface area contributed by atoms with Crippen molar-refractivity contribution in [1.82, 2.24) is 19.8 Å². The normalized spacial score (nSPS) is 11.2. The number of phenols is 1. The molecule has 0 unspecified atom stereocenters. The third-order valence-electron chi connectivity index (χ3n) is 3.58. The fourth-order valence-corrected chi connectivity index (χ4v) is 2.35. The molecular formula is C18H14N6O. The van der Waals surface area contributed by atoms with Crippen molar-refractivity contribution in [3.05, 3.63) is 72.3 Å². The summed E-state index contributed by atoms with van der Waals surface area (Å²) in [5.41, 5.74) is 5.35. The van der Waals surface area contributed by atoms with Crippen LogP contribution >= 0.6 is 0 Å². The topological polar surface area (TPSA) is 87.7 Å². The van der Waals surface area contributed by atoms with E-state index in [1.165, 1.54) is 0 Å². The number of benzene rings is 2. The smallest absolute Gasteiger partial charge is 0.185 e. The van der Waals surface area contributed by atoms with Crippen LogP contribution in [0.5, 0.6) is 5.75 Å². The van der Waals surface area contributed by atoms with Crippen LogP contribution in [0.2, 0.25) is 0 Å². The average Bonchev–Trinajstić information content (AvgIpc) is 3.07. The number of hydrogen-bond donors (Lipinski definition) is 2. The van der Waals surface area contributed by atoms with E-state index >= 15 is 0 Å². The molecule has 2 N–H and O–H groups in total. The first-order valence-corrected chi connectivity index (χ1v) is 7.65. The van der Waals surface area contributed by atoms with Crippen molar-refractivity contribution in [3.8, 4) is 17.1 Å². The second-order valence-corrected chi connectivity index (χ2v) is 5.34. The molecule has 4 rings (SSSR count). The quantitative estimate of drug-likeness (QED) is 0.444. The van der Waals surface area contributed by atoms with E-state index < -0.39 is 0 Å². The minimum Gasteiger partial charge on any atom is -0.508 e. The predicted octanol–water partition coefficient (Wildman–Crippen LogP) is 2.94. The number of nitrogens with zero attached hydrogens (tertiary/aromatic N) is 5. The molecule has 2 aromatic carbocycles. The van der Waals surface area contributed by atoms with Crippen LogP contribution in [-0.4, -0.2) is 31.1 Å². The molecule has 7 nitrogen and oxygen atoms in total. The molecule has 0 saturated heterocycles. The number of anilines is 1. The number of aromatic hydroxyl groups is 1. The lowest BCUT2D eigenvalue weighted by atomic mass is 10.2. The van der Waals surface area contributed by atoms with E-state index in [0.29, 0.717) is 17.3 Å². The highest BCUT2D eigenvalue weighted by Gasteiger charge is 2.09. The molecule has 0 fully saturated rings. The van der Waals surface area contributed by atoms with Crippen LogP contribution in [0, 0.1) is 0 Å². The van der Waals surface area contributed by atoms with Gasteiger partial charge in [-0.2, -0.15) is 9.62 Å². The van der Waals surface area contributed by atoms with Gasteiger partial charge >= 0.3 is 0 Å². The summed E-state index contributed by atoms with van der Waals surface area (Å²) in [7, 11) is 0. The highest BCUT2D eigenvalue weighted by Crippen LogP contribution is 2.17. The molecule has 0 radical (unpaired) electrons. The SMILES string of the molecule is Oc1ccc(/C=N/Nc2ccc3nnc(-c4ccccc4)n3n2)cc1. The van der Waals surface area contributed by atoms with E-state index in [2.05, 4.69) is 25.8 Å². The van der Waals surface area contributed by atoms with Crippen molar-refractivity contribution >= 4 is 17.7 Å². The summed E-state index contributed by atoms with van der Waals surface area (Å²) in [5.74, 6) is 1.46. The standard InChI is InChI=1S/C18H14N6O/c25-15-8-6-13(7-9-15)12-19-20-16-10-11-17-21-22-18(24(17)23-16)14-4-2-1-3-5-14/h1-12,25H,(H,20,23)/b19-12+. The minimum atomic E-state index is 0.221. The Bertz CT molecular complexity index is 1020. The van der Waals surface area contributed by atoms with Gasteiger partial charge in [-0.1, -0.05) is 30.3 Å². The second kappa shape index (κ2) is 6.40. The van der Waals surface area contributed by atoms with Crippen LogP contribution < -0.4 is 5.43 Å². The third kappa shape index (κ3) is 3.16. The summed E-state index contributed by atoms with van der Waals surface area (Å²) in [6.45, 7) is 0. The molecule has 0 amide bonds. The first-order valence-electron chi connectivity index (χ1n) is 7.65. The van der Waals surface area contributed by atoms with Gasteiger partial charge in [-0.15, -0.1) is 15.3 Å². The van der Waals surface area contributed by atoms with Gasteiger partial charge in [0.1, 0.15) is 5.75 Å². The maximum absolute atomic E-state index is 9.28. The molecule has 0 aliphatic heterocycles. The Morgan fingerprint density at radius 3 is 2.52 bits per heavy atom. The molecule has 25 heavy (non-hydrogen) atoms. The number of rotatable bonds is 4. The number of nitrogens with one attached hydrogen (secondary N) is 1. The van der Waals surface area contributed by atoms with Crippen LogP contribution in [0.15, 0.2) is 71.8 Å². The Morgan fingerprint density at radius 2 is 1.72 bits per heavy atom. The largest absolute Gasteiger partial charge is 0.508 e. The van der Waals surface area contributed by atoms with E-state index in [1.807, 2.05) is 36.4 Å². The zero-order valence-corrected chi connectivity index (χ0v) is 13.1. The van der Waals surface area contributed by atoms with Gasteiger partial charge in [-0.05, 0) is 42.0 Å². The maximum Gasteiger partial charge on any atom is 0.185 e. The van der Waals surface area contributed by atoms with Crippen molar-refractivity contribution in [2.75, 3.05) is 5.43 Å². The van der Waals surface area contributed by atoms with Crippen molar-refractivity contribution in [2.45, 2.75) is 0 Å². The Balaban J connectivity index is 1.59. The van der Waals surface area contributed by atoms with Crippen LogP contribution in [-0.2, 0) is 0 Å². The van der Waals surface area contributed by atoms with Gasteiger partial charge in [0.05, 0.1) is 6.21 Å². The van der Waals surface area contributed by atoms with Crippen molar-refractivity contribution in [2.24, 2.45) is 5.10 Å². The molecule has 0 aliphatic rings. The highest BCUT2D eigenvalue weighted by atomic mass is 16.3. The fraction of sp³-hybridized carbons (Fsp3) is 0. The van der Waals surface area contributed by atoms with E-state index in [-0.39, 0.29) is 5.75 Å². The zero-order valence-electron chi connectivity index (χ0n) is 13.1. The van der Waals surface area contributed by atoms with Gasteiger partial charge in [0, 0.05) is 5.56 Å². The van der Waals surface area contributed by atoms with Gasteiger partial charge < -0.3 is 5.11 Å². The summed E-state index contributed by atoms with van der Waals surface area (Å²) in [6.07, 6.45) is 1.65. The van der Waals surface area contributed by atoms with E-state index in [0.717, 1.165) is 11.1 Å². The molecule has 4 aromatic rings. The Labute approximate surface area is 143 Å². The molecule has 2 aromatic heterocycles. The molecule has 2 heterocycles. The van der Waals surface area contributed by atoms with Crippen LogP contribution in [0.1, 0.15) is 5.56 Å². The fourth-order valence-electron chi connectivity index (χ4n) is 2.35. The van der Waals surface area contributed by atoms with Crippen LogP contribution in [0.4, 0.5) is 5.82 Å². The number of hydrazone groups is 1. The average molecular weight is 330 g/mol. The monoisotopic (exact) mass is 330 g/mol. The lowest BCUT2D eigenvalue weighted by Crippen LogP contribution is -2.00. The van der Waals surface area contributed by atoms with E-state index in [1.54, 1.807) is 41.1 Å². The molecule has 0 saturated carbocycles. The Kier molecular flexibility index (Phi) is 3.80. The molecule has 0 atom stereocenters. The van der Waals surface area contributed by atoms with Crippen molar-refractivity contribution in [1.29, 1.82) is 0 Å². The number of aromatic nitrogens is 4. The highest BCUT2D eigenvalue weighted by molar-refractivity contribution is 5.80. The summed E-state index contributed by atoms with van der Waals surface area (Å²) >= 11 is 0. The Morgan fingerprint density at radius 1 is 0.920 bits per heavy atom. The molecule has 122 valence electrons. The lowest BCUT2D eigenvalue weighted by molar-refractivity contribution is 0.475. The van der Waals surface area contributed by atoms with Gasteiger partial charge in [0.25, 0.3) is 0 Å². The molecule has 7 heteroatoms. The predicted molar refractivity (Wildman–Crippen MR) is 95.5 cm³/mol. The number of hydrogen-bond acceptors (Lipinski definition) is 6. The van der Waals surface area contributed by atoms with Crippen molar-refractivity contribution < 1.29 is 5.11 Å². The van der Waals surface area contributed by atoms with E-state index in [9.17, 15) is 5.11 Å². The summed E-state index contributed by atoms with van der Waals surface area (Å²) in [6, 6.07) is 20.1. The lowest BCUT2D eigenvalue weighted by Gasteiger charge is -2.02. The van der Waals surface area contributed by atoms with Gasteiger partial charge in [-0.3, -0.25) is 5.43 Å². The molecule has 0 spiro atoms. The van der Waals surface area contributed by atoms with E-state index in [4.69, 9.17) is 0 Å². The van der Waals surface area contributed by atoms with Gasteiger partial charge in [-0.25, -0.2) is 0 Å². The van der Waals surface area contributed by atoms with Crippen LogP contribution in [0.3, 0.4) is 0 Å². The number of phenolic OH excluding ortho intramolecular Hbond substituents is 1. The summed E-state index contributed by atoms with van der Waals surface area (Å²) in [5, 5.41) is 26.3. The minimum absolute atomic E-state index is 0.221. The summed E-state index contributed by atoms with van der Waals surface area (Å²) in [4.78, 5) is 0. The van der Waals surface area contributed by atoms with Crippen LogP contribution in [0.25, 0.3) is 17.0 Å². The first-order chi connectivity index (χ1) is 12.3. The molecule has 0 bridgehead atoms. The summed E-state index contributed by atoms with van der Waals surface area (Å²) < 4.78 is 1.67. The van der Waals surface area contributed by atoms with Gasteiger partial charge in [0.15, 0.2) is 17.3 Å². The number of fused-ring (bicyclic) bond motifs is 1. The Hall–Kier alpha value is -3.74. The maximum atomic E-state index is 9.28. The van der Waals surface area contributed by atoms with Crippen molar-refractivity contribution in [3.63, 3.8) is 0 Å². The third-order valence-corrected chi connectivity index (χ3v) is 3.58. The first kappa shape index (κ1) is 14.8. The molecular weight excluding hydrogens is 316 g/mol.